The molecule has 0 saturated heterocycles. The van der Waals surface area contributed by atoms with E-state index in [2.05, 4.69) is 62.5 Å². The number of ether oxygens (including phenoxy) is 1. The van der Waals surface area contributed by atoms with Crippen LogP contribution in [0.3, 0.4) is 0 Å². The molecule has 0 radical (unpaired) electrons. The smallest absolute Gasteiger partial charge is 0.306 e. The number of unbranched alkanes of at least 4 members (excludes halogenated alkanes) is 30. The molecular weight excluding hydrogens is 755 g/mol. The summed E-state index contributed by atoms with van der Waals surface area (Å²) in [6.07, 6.45) is 57.8. The van der Waals surface area contributed by atoms with Gasteiger partial charge >= 0.3 is 5.97 Å². The molecule has 0 spiro atoms. The van der Waals surface area contributed by atoms with Gasteiger partial charge in [-0.3, -0.25) is 9.59 Å². The van der Waals surface area contributed by atoms with Crippen LogP contribution in [0.25, 0.3) is 0 Å². The molecule has 0 aliphatic heterocycles. The van der Waals surface area contributed by atoms with Crippen LogP contribution in [0.1, 0.15) is 278 Å². The number of hydrogen-bond acceptors (Lipinski definition) is 5. The number of aliphatic hydroxyl groups is 2. The number of rotatable bonds is 48. The Morgan fingerprint density at radius 2 is 0.902 bits per heavy atom. The number of allylic oxidation sites excluding steroid dienone is 6. The van der Waals surface area contributed by atoms with Crippen LogP contribution in [0, 0.1) is 0 Å². The van der Waals surface area contributed by atoms with Gasteiger partial charge in [0.25, 0.3) is 0 Å². The highest BCUT2D eigenvalue weighted by atomic mass is 16.5. The maximum absolute atomic E-state index is 13.2. The van der Waals surface area contributed by atoms with Gasteiger partial charge in [0, 0.05) is 6.42 Å². The molecule has 0 aromatic rings. The van der Waals surface area contributed by atoms with E-state index in [1.54, 1.807) is 0 Å². The van der Waals surface area contributed by atoms with Crippen molar-refractivity contribution in [1.29, 1.82) is 0 Å². The number of carbonyl (C=O) groups excluding carboxylic acids is 2. The van der Waals surface area contributed by atoms with Crippen molar-refractivity contribution in [2.45, 2.75) is 296 Å². The van der Waals surface area contributed by atoms with Crippen molar-refractivity contribution < 1.29 is 24.5 Å². The van der Waals surface area contributed by atoms with Crippen molar-refractivity contribution in [2.75, 3.05) is 6.61 Å². The predicted molar refractivity (Wildman–Crippen MR) is 264 cm³/mol. The molecule has 0 rings (SSSR count). The lowest BCUT2D eigenvalue weighted by Gasteiger charge is -2.24. The highest BCUT2D eigenvalue weighted by Crippen LogP contribution is 2.18. The van der Waals surface area contributed by atoms with Gasteiger partial charge < -0.3 is 20.3 Å². The number of carbonyl (C=O) groups is 2. The summed E-state index contributed by atoms with van der Waals surface area (Å²) in [5.74, 6) is -0.504. The monoisotopic (exact) mass is 858 g/mol. The molecule has 6 heteroatoms. The summed E-state index contributed by atoms with van der Waals surface area (Å²) in [5, 5.41) is 23.8. The average molecular weight is 858 g/mol. The first kappa shape index (κ1) is 59.1. The quantitative estimate of drug-likeness (QED) is 0.0322. The average Bonchev–Trinajstić information content (AvgIpc) is 3.25. The molecule has 0 aliphatic rings. The molecule has 3 N–H and O–H groups in total. The van der Waals surface area contributed by atoms with E-state index >= 15 is 0 Å². The molecule has 0 saturated carbocycles. The first-order valence-corrected chi connectivity index (χ1v) is 26.7. The van der Waals surface area contributed by atoms with E-state index in [4.69, 9.17) is 4.74 Å². The van der Waals surface area contributed by atoms with Crippen molar-refractivity contribution in [3.63, 3.8) is 0 Å². The summed E-state index contributed by atoms with van der Waals surface area (Å²) >= 11 is 0. The lowest BCUT2D eigenvalue weighted by Crippen LogP contribution is -2.46. The third-order valence-electron chi connectivity index (χ3n) is 12.2. The summed E-state index contributed by atoms with van der Waals surface area (Å²) in [6, 6.07) is -0.709. The van der Waals surface area contributed by atoms with Gasteiger partial charge in [-0.1, -0.05) is 231 Å². The zero-order chi connectivity index (χ0) is 44.5. The molecule has 3 atom stereocenters. The van der Waals surface area contributed by atoms with Crippen LogP contribution in [-0.2, 0) is 14.3 Å². The molecule has 0 aromatic heterocycles. The van der Waals surface area contributed by atoms with Gasteiger partial charge in [-0.25, -0.2) is 0 Å². The van der Waals surface area contributed by atoms with Crippen LogP contribution in [0.5, 0.6) is 0 Å². The second-order valence-corrected chi connectivity index (χ2v) is 18.2. The van der Waals surface area contributed by atoms with Crippen molar-refractivity contribution in [3.8, 4) is 0 Å². The Hall–Kier alpha value is -1.92. The van der Waals surface area contributed by atoms with Crippen LogP contribution in [0.15, 0.2) is 36.5 Å². The molecule has 358 valence electrons. The topological polar surface area (TPSA) is 95.9 Å². The first-order valence-electron chi connectivity index (χ1n) is 26.7. The van der Waals surface area contributed by atoms with E-state index in [0.29, 0.717) is 19.3 Å². The molecule has 3 unspecified atom stereocenters. The van der Waals surface area contributed by atoms with Crippen molar-refractivity contribution >= 4 is 11.9 Å². The minimum atomic E-state index is -0.794. The minimum absolute atomic E-state index is 0.0557. The third kappa shape index (κ3) is 44.5. The largest absolute Gasteiger partial charge is 0.462 e. The fourth-order valence-electron chi connectivity index (χ4n) is 8.18. The summed E-state index contributed by atoms with van der Waals surface area (Å²) in [7, 11) is 0. The zero-order valence-electron chi connectivity index (χ0n) is 40.8. The van der Waals surface area contributed by atoms with Crippen LogP contribution in [0.4, 0.5) is 0 Å². The molecule has 0 heterocycles. The normalized spacial score (nSPS) is 13.5. The van der Waals surface area contributed by atoms with Crippen LogP contribution in [0.2, 0.25) is 0 Å². The maximum Gasteiger partial charge on any atom is 0.306 e. The molecule has 61 heavy (non-hydrogen) atoms. The van der Waals surface area contributed by atoms with Crippen LogP contribution in [-0.4, -0.2) is 46.9 Å². The van der Waals surface area contributed by atoms with E-state index in [-0.39, 0.29) is 24.9 Å². The van der Waals surface area contributed by atoms with Crippen LogP contribution < -0.4 is 5.32 Å². The number of aliphatic hydroxyl groups excluding tert-OH is 2. The van der Waals surface area contributed by atoms with Gasteiger partial charge in [0.2, 0.25) is 5.91 Å². The van der Waals surface area contributed by atoms with Gasteiger partial charge in [0.05, 0.1) is 25.2 Å². The fraction of sp³-hybridized carbons (Fsp3) is 0.855. The van der Waals surface area contributed by atoms with Gasteiger partial charge in [0.15, 0.2) is 0 Å². The summed E-state index contributed by atoms with van der Waals surface area (Å²) in [4.78, 5) is 26.1. The molecule has 0 bridgehead atoms. The van der Waals surface area contributed by atoms with E-state index in [1.807, 2.05) is 0 Å². The SMILES string of the molecule is CC/C=C/C/C=C/CCCCCCCCCC(=O)OC(CCC/C=C\CCCCCCCC)CC(=O)NC(CO)C(O)CCCCCCCCCCCCCCCCCCC. The van der Waals surface area contributed by atoms with Crippen molar-refractivity contribution in [2.24, 2.45) is 0 Å². The Balaban J connectivity index is 4.48. The van der Waals surface area contributed by atoms with Gasteiger partial charge in [-0.05, 0) is 70.6 Å². The standard InChI is InChI=1S/C55H103NO5/c1-4-7-10-13-16-19-22-24-26-27-28-29-32-35-38-41-44-47-53(58)52(50-57)56-54(59)49-51(46-43-40-37-34-31-21-18-15-12-9-6-3)61-55(60)48-45-42-39-36-33-30-25-23-20-17-14-11-8-5-2/h8,11,17,20,34,37,51-53,57-58H,4-7,9-10,12-16,18-19,21-33,35-36,38-50H2,1-3H3,(H,56,59)/b11-8+,20-17+,37-34-. The molecule has 6 nitrogen and oxygen atoms in total. The maximum atomic E-state index is 13.2. The Kier molecular flexibility index (Phi) is 47.6. The van der Waals surface area contributed by atoms with Gasteiger partial charge in [-0.15, -0.1) is 0 Å². The van der Waals surface area contributed by atoms with Gasteiger partial charge in [-0.2, -0.15) is 0 Å². The summed E-state index contributed by atoms with van der Waals surface area (Å²) in [5.41, 5.74) is 0. The minimum Gasteiger partial charge on any atom is -0.462 e. The molecular formula is C55H103NO5. The zero-order valence-corrected chi connectivity index (χ0v) is 40.8. The number of hydrogen-bond donors (Lipinski definition) is 3. The highest BCUT2D eigenvalue weighted by Gasteiger charge is 2.24. The summed E-state index contributed by atoms with van der Waals surface area (Å²) in [6.45, 7) is 6.38. The number of esters is 1. The lowest BCUT2D eigenvalue weighted by atomic mass is 10.0. The second-order valence-electron chi connectivity index (χ2n) is 18.2. The Bertz CT molecular complexity index is 1010. The fourth-order valence-corrected chi connectivity index (χ4v) is 8.18. The predicted octanol–water partition coefficient (Wildman–Crippen LogP) is 16.1. The molecule has 0 aromatic carbocycles. The highest BCUT2D eigenvalue weighted by molar-refractivity contribution is 5.77. The Morgan fingerprint density at radius 1 is 0.492 bits per heavy atom. The van der Waals surface area contributed by atoms with Crippen molar-refractivity contribution in [1.82, 2.24) is 5.32 Å². The van der Waals surface area contributed by atoms with Crippen LogP contribution >= 0.6 is 0 Å². The van der Waals surface area contributed by atoms with E-state index in [0.717, 1.165) is 77.0 Å². The Morgan fingerprint density at radius 3 is 1.38 bits per heavy atom. The van der Waals surface area contributed by atoms with E-state index < -0.39 is 18.2 Å². The van der Waals surface area contributed by atoms with E-state index in [9.17, 15) is 19.8 Å². The van der Waals surface area contributed by atoms with Crippen molar-refractivity contribution in [3.05, 3.63) is 36.5 Å². The molecule has 1 amide bonds. The second kappa shape index (κ2) is 49.1. The Labute approximate surface area is 379 Å². The lowest BCUT2D eigenvalue weighted by molar-refractivity contribution is -0.151. The van der Waals surface area contributed by atoms with Gasteiger partial charge in [0.1, 0.15) is 6.10 Å². The number of amides is 1. The molecule has 0 aliphatic carbocycles. The number of nitrogens with one attached hydrogen (secondary N) is 1. The summed E-state index contributed by atoms with van der Waals surface area (Å²) < 4.78 is 5.91. The molecule has 0 fully saturated rings. The first-order chi connectivity index (χ1) is 30.0. The third-order valence-corrected chi connectivity index (χ3v) is 12.2. The van der Waals surface area contributed by atoms with E-state index in [1.165, 1.54) is 154 Å².